The van der Waals surface area contributed by atoms with E-state index < -0.39 is 0 Å². The zero-order valence-electron chi connectivity index (χ0n) is 14.0. The number of benzene rings is 1. The van der Waals surface area contributed by atoms with Gasteiger partial charge in [0.1, 0.15) is 5.82 Å². The quantitative estimate of drug-likeness (QED) is 0.792. The predicted octanol–water partition coefficient (Wildman–Crippen LogP) is 2.96. The number of nitrogens with zero attached hydrogens (tertiary/aromatic N) is 2. The van der Waals surface area contributed by atoms with Crippen molar-refractivity contribution >= 4 is 24.0 Å². The highest BCUT2D eigenvalue weighted by Gasteiger charge is 2.22. The molecule has 2 heterocycles. The molecule has 0 aliphatic carbocycles. The van der Waals surface area contributed by atoms with Gasteiger partial charge in [-0.1, -0.05) is 26.0 Å². The molecule has 3 rings (SSSR count). The normalized spacial score (nSPS) is 15.1. The molecule has 130 valence electrons. The topological polar surface area (TPSA) is 82.7 Å². The number of H-pyrrole nitrogens is 1. The molecule has 3 N–H and O–H groups in total. The molecule has 0 spiro atoms. The number of aromatic nitrogens is 3. The molecule has 7 heteroatoms. The molecule has 1 fully saturated rings. The number of piperidine rings is 1. The van der Waals surface area contributed by atoms with Gasteiger partial charge in [0.05, 0.1) is 5.69 Å². The predicted molar refractivity (Wildman–Crippen MR) is 97.4 cm³/mol. The van der Waals surface area contributed by atoms with Gasteiger partial charge in [-0.2, -0.15) is 5.10 Å². The first-order valence-electron chi connectivity index (χ1n) is 8.18. The summed E-state index contributed by atoms with van der Waals surface area (Å²) in [6.07, 6.45) is 1.76. The second kappa shape index (κ2) is 8.26. The monoisotopic (exact) mass is 349 g/mol. The second-order valence-electron chi connectivity index (χ2n) is 6.26. The summed E-state index contributed by atoms with van der Waals surface area (Å²) in [4.78, 5) is 17.0. The van der Waals surface area contributed by atoms with E-state index in [1.807, 2.05) is 24.3 Å². The van der Waals surface area contributed by atoms with Crippen molar-refractivity contribution in [1.82, 2.24) is 20.5 Å². The Hall–Kier alpha value is -1.92. The minimum atomic E-state index is 0. The Labute approximate surface area is 148 Å². The number of carbonyl (C=O) groups excluding carboxylic acids is 1. The van der Waals surface area contributed by atoms with Gasteiger partial charge in [0.15, 0.2) is 5.82 Å². The van der Waals surface area contributed by atoms with Crippen LogP contribution in [0.4, 0.5) is 5.69 Å². The van der Waals surface area contributed by atoms with Gasteiger partial charge < -0.3 is 10.6 Å². The smallest absolute Gasteiger partial charge is 0.227 e. The van der Waals surface area contributed by atoms with Gasteiger partial charge in [-0.25, -0.2) is 4.98 Å². The van der Waals surface area contributed by atoms with E-state index in [-0.39, 0.29) is 30.2 Å². The van der Waals surface area contributed by atoms with Gasteiger partial charge in [0, 0.05) is 17.4 Å². The van der Waals surface area contributed by atoms with Crippen LogP contribution in [0.3, 0.4) is 0 Å². The lowest BCUT2D eigenvalue weighted by Gasteiger charge is -2.22. The van der Waals surface area contributed by atoms with Crippen molar-refractivity contribution in [2.45, 2.75) is 32.6 Å². The zero-order valence-corrected chi connectivity index (χ0v) is 14.8. The standard InChI is InChI=1S/C17H23N5O.ClH/c1-11(2)15-20-16(22-21-15)13-5-3-4-6-14(13)19-17(23)12-7-9-18-10-8-12;/h3-6,11-12,18H,7-10H2,1-2H3,(H,19,23)(H,20,21,22);1H. The largest absolute Gasteiger partial charge is 0.325 e. The summed E-state index contributed by atoms with van der Waals surface area (Å²) in [7, 11) is 0. The van der Waals surface area contributed by atoms with Crippen molar-refractivity contribution in [3.8, 4) is 11.4 Å². The molecule has 1 aromatic carbocycles. The van der Waals surface area contributed by atoms with Gasteiger partial charge in [-0.05, 0) is 38.1 Å². The van der Waals surface area contributed by atoms with E-state index in [1.165, 1.54) is 0 Å². The molecule has 0 atom stereocenters. The summed E-state index contributed by atoms with van der Waals surface area (Å²) in [6.45, 7) is 5.93. The summed E-state index contributed by atoms with van der Waals surface area (Å²) in [5, 5.41) is 13.6. The Morgan fingerprint density at radius 1 is 1.25 bits per heavy atom. The summed E-state index contributed by atoms with van der Waals surface area (Å²) >= 11 is 0. The summed E-state index contributed by atoms with van der Waals surface area (Å²) in [5.74, 6) is 1.91. The maximum Gasteiger partial charge on any atom is 0.227 e. The van der Waals surface area contributed by atoms with Crippen molar-refractivity contribution < 1.29 is 4.79 Å². The van der Waals surface area contributed by atoms with Crippen molar-refractivity contribution in [3.63, 3.8) is 0 Å². The molecular formula is C17H24ClN5O. The number of amides is 1. The van der Waals surface area contributed by atoms with Crippen molar-refractivity contribution in [1.29, 1.82) is 0 Å². The van der Waals surface area contributed by atoms with Crippen LogP contribution in [0.25, 0.3) is 11.4 Å². The lowest BCUT2D eigenvalue weighted by atomic mass is 9.97. The van der Waals surface area contributed by atoms with Crippen LogP contribution in [0.1, 0.15) is 38.4 Å². The zero-order chi connectivity index (χ0) is 16.2. The lowest BCUT2D eigenvalue weighted by molar-refractivity contribution is -0.120. The molecule has 1 aliphatic rings. The molecule has 1 aliphatic heterocycles. The molecule has 0 bridgehead atoms. The Morgan fingerprint density at radius 3 is 2.62 bits per heavy atom. The van der Waals surface area contributed by atoms with Crippen molar-refractivity contribution in [2.75, 3.05) is 18.4 Å². The molecule has 0 saturated carbocycles. The van der Waals surface area contributed by atoms with Crippen LogP contribution in [-0.2, 0) is 4.79 Å². The van der Waals surface area contributed by atoms with Crippen LogP contribution in [0.2, 0.25) is 0 Å². The Bertz CT molecular complexity index is 679. The van der Waals surface area contributed by atoms with Crippen LogP contribution in [0, 0.1) is 5.92 Å². The number of halogens is 1. The van der Waals surface area contributed by atoms with Gasteiger partial charge in [0.25, 0.3) is 0 Å². The molecule has 1 aromatic heterocycles. The summed E-state index contributed by atoms with van der Waals surface area (Å²) in [5.41, 5.74) is 1.61. The molecule has 24 heavy (non-hydrogen) atoms. The number of hydrogen-bond donors (Lipinski definition) is 3. The van der Waals surface area contributed by atoms with Crippen molar-refractivity contribution in [2.24, 2.45) is 5.92 Å². The molecule has 1 amide bonds. The minimum absolute atomic E-state index is 0. The highest BCUT2D eigenvalue weighted by Crippen LogP contribution is 2.27. The Kier molecular flexibility index (Phi) is 6.34. The highest BCUT2D eigenvalue weighted by atomic mass is 35.5. The fraction of sp³-hybridized carbons (Fsp3) is 0.471. The average molecular weight is 350 g/mol. The number of aromatic amines is 1. The molecule has 0 unspecified atom stereocenters. The Balaban J connectivity index is 0.00000208. The third-order valence-electron chi connectivity index (χ3n) is 4.19. The molecular weight excluding hydrogens is 326 g/mol. The van der Waals surface area contributed by atoms with Crippen molar-refractivity contribution in [3.05, 3.63) is 30.1 Å². The number of para-hydroxylation sites is 1. The molecule has 0 radical (unpaired) electrons. The highest BCUT2D eigenvalue weighted by molar-refractivity contribution is 5.96. The van der Waals surface area contributed by atoms with Gasteiger partial charge in [-0.3, -0.25) is 9.89 Å². The minimum Gasteiger partial charge on any atom is -0.325 e. The first kappa shape index (κ1) is 18.4. The SMILES string of the molecule is CC(C)c1nc(-c2ccccc2NC(=O)C2CCNCC2)n[nH]1.Cl. The van der Waals surface area contributed by atoms with Gasteiger partial charge >= 0.3 is 0 Å². The Morgan fingerprint density at radius 2 is 1.96 bits per heavy atom. The number of hydrogen-bond acceptors (Lipinski definition) is 4. The third kappa shape index (κ3) is 4.13. The number of rotatable bonds is 4. The summed E-state index contributed by atoms with van der Waals surface area (Å²) in [6, 6.07) is 7.68. The maximum atomic E-state index is 12.5. The van der Waals surface area contributed by atoms with E-state index in [1.54, 1.807) is 0 Å². The third-order valence-corrected chi connectivity index (χ3v) is 4.19. The fourth-order valence-electron chi connectivity index (χ4n) is 2.76. The van der Waals surface area contributed by atoms with E-state index in [9.17, 15) is 4.79 Å². The van der Waals surface area contributed by atoms with Crippen LogP contribution < -0.4 is 10.6 Å². The van der Waals surface area contributed by atoms with E-state index in [0.29, 0.717) is 5.82 Å². The average Bonchev–Trinajstić information content (AvgIpc) is 3.06. The first-order chi connectivity index (χ1) is 11.1. The second-order valence-corrected chi connectivity index (χ2v) is 6.26. The first-order valence-corrected chi connectivity index (χ1v) is 8.18. The number of nitrogens with one attached hydrogen (secondary N) is 3. The van der Waals surface area contributed by atoms with Crippen LogP contribution in [0.5, 0.6) is 0 Å². The number of carbonyl (C=O) groups is 1. The number of anilines is 1. The van der Waals surface area contributed by atoms with Gasteiger partial charge in [0.2, 0.25) is 5.91 Å². The molecule has 2 aromatic rings. The van der Waals surface area contributed by atoms with Crippen LogP contribution in [0.15, 0.2) is 24.3 Å². The maximum absolute atomic E-state index is 12.5. The van der Waals surface area contributed by atoms with E-state index in [0.717, 1.165) is 43.0 Å². The molecule has 6 nitrogen and oxygen atoms in total. The van der Waals surface area contributed by atoms with E-state index in [2.05, 4.69) is 39.7 Å². The summed E-state index contributed by atoms with van der Waals surface area (Å²) < 4.78 is 0. The van der Waals surface area contributed by atoms with E-state index >= 15 is 0 Å². The van der Waals surface area contributed by atoms with Crippen LogP contribution >= 0.6 is 12.4 Å². The fourth-order valence-corrected chi connectivity index (χ4v) is 2.76. The van der Waals surface area contributed by atoms with E-state index in [4.69, 9.17) is 0 Å². The lowest BCUT2D eigenvalue weighted by Crippen LogP contribution is -2.34. The van der Waals surface area contributed by atoms with Gasteiger partial charge in [-0.15, -0.1) is 12.4 Å². The molecule has 1 saturated heterocycles. The van der Waals surface area contributed by atoms with Crippen LogP contribution in [-0.4, -0.2) is 34.2 Å².